The van der Waals surface area contributed by atoms with Crippen molar-refractivity contribution in [3.8, 4) is 0 Å². The first-order valence-electron chi connectivity index (χ1n) is 3.60. The van der Waals surface area contributed by atoms with E-state index in [0.717, 1.165) is 0 Å². The number of hydrogen-bond donors (Lipinski definition) is 0. The number of nitrogens with zero attached hydrogens (tertiary/aromatic N) is 1. The summed E-state index contributed by atoms with van der Waals surface area (Å²) in [6.45, 7) is -4.02. The number of ether oxygens (including phenoxy) is 1. The van der Waals surface area contributed by atoms with Gasteiger partial charge in [-0.2, -0.15) is 0 Å². The number of halogens is 3. The van der Waals surface area contributed by atoms with E-state index in [2.05, 4.69) is 14.4 Å². The summed E-state index contributed by atoms with van der Waals surface area (Å²) in [6.07, 6.45) is 0. The Morgan fingerprint density at radius 2 is 2.00 bits per heavy atom. The maximum Gasteiger partial charge on any atom is 1.00 e. The van der Waals surface area contributed by atoms with Gasteiger partial charge in [0.05, 0.1) is 12.3 Å². The third-order valence-corrected chi connectivity index (χ3v) is 1.59. The molecule has 74 valence electrons. The molecule has 0 amide bonds. The Hall–Kier alpha value is 0.661. The summed E-state index contributed by atoms with van der Waals surface area (Å²) in [7, 11) is 1.30. The van der Waals surface area contributed by atoms with E-state index in [9.17, 15) is 12.9 Å². The first-order chi connectivity index (χ1) is 5.96. The quantitative estimate of drug-likeness (QED) is 0.577. The number of aryl methyl sites for hydroxylation is 1. The molecule has 1 aromatic heterocycles. The zero-order valence-corrected chi connectivity index (χ0v) is 11.3. The summed E-state index contributed by atoms with van der Waals surface area (Å²) in [6, 6.07) is 0. The van der Waals surface area contributed by atoms with Gasteiger partial charge in [-0.1, -0.05) is 5.16 Å². The van der Waals surface area contributed by atoms with Gasteiger partial charge in [0.15, 0.2) is 0 Å². The SMILES string of the molecule is COCc1noc(C)c1[B-](F)(F)F.[K+]. The van der Waals surface area contributed by atoms with Crippen LogP contribution >= 0.6 is 0 Å². The summed E-state index contributed by atoms with van der Waals surface area (Å²) in [5.41, 5.74) is -0.964. The summed E-state index contributed by atoms with van der Waals surface area (Å²) >= 11 is 0. The van der Waals surface area contributed by atoms with Gasteiger partial charge in [0.2, 0.25) is 0 Å². The van der Waals surface area contributed by atoms with Crippen molar-refractivity contribution in [2.75, 3.05) is 7.11 Å². The number of aromatic nitrogens is 1. The zero-order chi connectivity index (χ0) is 10.1. The van der Waals surface area contributed by atoms with Crippen LogP contribution in [0, 0.1) is 6.92 Å². The van der Waals surface area contributed by atoms with E-state index >= 15 is 0 Å². The Kier molecular flexibility index (Phi) is 5.93. The molecule has 0 atom stereocenters. The largest absolute Gasteiger partial charge is 1.00 e. The second-order valence-electron chi connectivity index (χ2n) is 2.61. The van der Waals surface area contributed by atoms with E-state index in [1.807, 2.05) is 0 Å². The number of hydrogen-bond acceptors (Lipinski definition) is 3. The fraction of sp³-hybridized carbons (Fsp3) is 0.500. The van der Waals surface area contributed by atoms with Gasteiger partial charge in [-0.05, 0) is 12.4 Å². The maximum atomic E-state index is 12.4. The van der Waals surface area contributed by atoms with Crippen molar-refractivity contribution >= 4 is 12.4 Å². The van der Waals surface area contributed by atoms with E-state index in [-0.39, 0.29) is 69.4 Å². The summed E-state index contributed by atoms with van der Waals surface area (Å²) in [5, 5.41) is 3.27. The predicted molar refractivity (Wildman–Crippen MR) is 40.7 cm³/mol. The van der Waals surface area contributed by atoms with Crippen LogP contribution < -0.4 is 56.8 Å². The minimum Gasteiger partial charge on any atom is -0.445 e. The van der Waals surface area contributed by atoms with E-state index < -0.39 is 12.4 Å². The van der Waals surface area contributed by atoms with E-state index in [4.69, 9.17) is 0 Å². The van der Waals surface area contributed by atoms with Gasteiger partial charge >= 0.3 is 58.4 Å². The molecular formula is C6H8BF3KNO2. The molecule has 0 aliphatic carbocycles. The van der Waals surface area contributed by atoms with Crippen molar-refractivity contribution in [3.63, 3.8) is 0 Å². The van der Waals surface area contributed by atoms with Gasteiger partial charge in [0.1, 0.15) is 5.76 Å². The third-order valence-electron chi connectivity index (χ3n) is 1.59. The molecule has 0 saturated heterocycles. The Morgan fingerprint density at radius 3 is 2.43 bits per heavy atom. The normalized spacial score (nSPS) is 11.2. The monoisotopic (exact) mass is 233 g/mol. The average molecular weight is 233 g/mol. The van der Waals surface area contributed by atoms with Gasteiger partial charge < -0.3 is 22.2 Å². The Labute approximate surface area is 122 Å². The van der Waals surface area contributed by atoms with Crippen LogP contribution in [0.4, 0.5) is 12.9 Å². The molecule has 0 aliphatic rings. The molecule has 0 bridgehead atoms. The molecule has 0 aromatic carbocycles. The summed E-state index contributed by atoms with van der Waals surface area (Å²) in [5.74, 6) is -0.209. The van der Waals surface area contributed by atoms with E-state index in [0.29, 0.717) is 0 Å². The van der Waals surface area contributed by atoms with Crippen molar-refractivity contribution in [1.29, 1.82) is 0 Å². The number of rotatable bonds is 3. The van der Waals surface area contributed by atoms with Gasteiger partial charge in [0, 0.05) is 7.11 Å². The molecule has 0 N–H and O–H groups in total. The van der Waals surface area contributed by atoms with Crippen molar-refractivity contribution < 1.29 is 73.6 Å². The fourth-order valence-corrected chi connectivity index (χ4v) is 1.09. The minimum absolute atomic E-state index is 0. The van der Waals surface area contributed by atoms with E-state index in [1.54, 1.807) is 0 Å². The van der Waals surface area contributed by atoms with Gasteiger partial charge in [-0.15, -0.1) is 0 Å². The van der Waals surface area contributed by atoms with Crippen LogP contribution in [0.25, 0.3) is 0 Å². The first-order valence-corrected chi connectivity index (χ1v) is 3.60. The molecule has 3 nitrogen and oxygen atoms in total. The molecule has 0 spiro atoms. The Balaban J connectivity index is 0.00000169. The maximum absolute atomic E-state index is 12.4. The van der Waals surface area contributed by atoms with Gasteiger partial charge in [-0.25, -0.2) is 0 Å². The standard InChI is InChI=1S/C6H8BF3NO2.K/c1-4-6(7(8,9)10)5(3-12-2)11-13-4;/h3H2,1-2H3;/q-1;+1. The van der Waals surface area contributed by atoms with Crippen molar-refractivity contribution in [3.05, 3.63) is 11.5 Å². The smallest absolute Gasteiger partial charge is 0.445 e. The van der Waals surface area contributed by atoms with Crippen molar-refractivity contribution in [1.82, 2.24) is 5.16 Å². The van der Waals surface area contributed by atoms with Crippen LogP contribution in [0.2, 0.25) is 0 Å². The molecule has 0 radical (unpaired) electrons. The Bertz CT molecular complexity index is 302. The minimum atomic E-state index is -5.07. The molecule has 0 fully saturated rings. The van der Waals surface area contributed by atoms with Crippen LogP contribution in [-0.2, 0) is 11.3 Å². The van der Waals surface area contributed by atoms with Crippen molar-refractivity contribution in [2.45, 2.75) is 13.5 Å². The zero-order valence-electron chi connectivity index (χ0n) is 8.18. The molecule has 1 rings (SSSR count). The third kappa shape index (κ3) is 3.35. The van der Waals surface area contributed by atoms with Gasteiger partial charge in [-0.3, -0.25) is 0 Å². The fourth-order valence-electron chi connectivity index (χ4n) is 1.09. The van der Waals surface area contributed by atoms with Crippen LogP contribution in [0.1, 0.15) is 11.5 Å². The summed E-state index contributed by atoms with van der Waals surface area (Å²) in [4.78, 5) is 0. The van der Waals surface area contributed by atoms with Crippen LogP contribution in [0.5, 0.6) is 0 Å². The average Bonchev–Trinajstić information content (AvgIpc) is 2.31. The number of methoxy groups -OCH3 is 1. The topological polar surface area (TPSA) is 35.3 Å². The second-order valence-corrected chi connectivity index (χ2v) is 2.61. The first kappa shape index (κ1) is 14.7. The molecular weight excluding hydrogens is 225 g/mol. The molecule has 0 unspecified atom stereocenters. The second kappa shape index (κ2) is 5.67. The molecule has 8 heteroatoms. The molecule has 0 saturated carbocycles. The van der Waals surface area contributed by atoms with Crippen molar-refractivity contribution in [2.24, 2.45) is 0 Å². The van der Waals surface area contributed by atoms with Crippen LogP contribution in [0.15, 0.2) is 4.52 Å². The molecule has 0 aliphatic heterocycles. The van der Waals surface area contributed by atoms with Gasteiger partial charge in [0.25, 0.3) is 0 Å². The van der Waals surface area contributed by atoms with E-state index in [1.165, 1.54) is 14.0 Å². The molecule has 1 aromatic rings. The predicted octanol–water partition coefficient (Wildman–Crippen LogP) is -1.81. The van der Waals surface area contributed by atoms with Crippen LogP contribution in [-0.4, -0.2) is 19.2 Å². The Morgan fingerprint density at radius 1 is 1.43 bits per heavy atom. The van der Waals surface area contributed by atoms with Crippen LogP contribution in [0.3, 0.4) is 0 Å². The molecule has 14 heavy (non-hydrogen) atoms. The summed E-state index contributed by atoms with van der Waals surface area (Å²) < 4.78 is 46.1. The molecule has 1 heterocycles.